The van der Waals surface area contributed by atoms with Crippen molar-refractivity contribution in [1.29, 1.82) is 0 Å². The number of halogens is 4. The molecule has 2 aromatic rings. The van der Waals surface area contributed by atoms with Gasteiger partial charge in [-0.25, -0.2) is 9.37 Å². The minimum atomic E-state index is -4.62. The number of rotatable bonds is 5. The van der Waals surface area contributed by atoms with Crippen LogP contribution in [0.15, 0.2) is 30.5 Å². The molecule has 0 bridgehead atoms. The van der Waals surface area contributed by atoms with E-state index in [0.29, 0.717) is 11.3 Å². The molecule has 1 heterocycles. The van der Waals surface area contributed by atoms with Gasteiger partial charge in [0.05, 0.1) is 6.10 Å². The van der Waals surface area contributed by atoms with Crippen LogP contribution in [0.1, 0.15) is 21.6 Å². The molecule has 2 atom stereocenters. The smallest absolute Gasteiger partial charge is 0.443 e. The van der Waals surface area contributed by atoms with Gasteiger partial charge in [-0.3, -0.25) is 0 Å². The van der Waals surface area contributed by atoms with Gasteiger partial charge in [0.2, 0.25) is 0 Å². The predicted octanol–water partition coefficient (Wildman–Crippen LogP) is 1.94. The number of carboxylic acid groups (broad SMARTS) is 1. The molecule has 4 nitrogen and oxygen atoms in total. The largest absolute Gasteiger partial charge is 0.550 e. The zero-order chi connectivity index (χ0) is 17.2. The van der Waals surface area contributed by atoms with Gasteiger partial charge in [-0.1, -0.05) is 12.1 Å². The Morgan fingerprint density at radius 2 is 1.91 bits per heavy atom. The van der Waals surface area contributed by atoms with Crippen molar-refractivity contribution >= 4 is 17.3 Å². The molecular weight excluding hydrogens is 338 g/mol. The number of benzene rings is 1. The van der Waals surface area contributed by atoms with Crippen LogP contribution in [-0.2, 0) is 17.4 Å². The fourth-order valence-corrected chi connectivity index (χ4v) is 2.80. The van der Waals surface area contributed by atoms with Gasteiger partial charge >= 0.3 is 6.18 Å². The molecule has 1 aromatic heterocycles. The third-order valence-corrected chi connectivity index (χ3v) is 4.18. The summed E-state index contributed by atoms with van der Waals surface area (Å²) in [7, 11) is 0. The number of thiazole rings is 1. The Kier molecular flexibility index (Phi) is 5.00. The lowest BCUT2D eigenvalue weighted by Gasteiger charge is -2.23. The average Bonchev–Trinajstić information content (AvgIpc) is 2.93. The predicted molar refractivity (Wildman–Crippen MR) is 70.7 cm³/mol. The summed E-state index contributed by atoms with van der Waals surface area (Å²) in [4.78, 5) is 14.4. The van der Waals surface area contributed by atoms with Crippen molar-refractivity contribution in [3.8, 4) is 0 Å². The van der Waals surface area contributed by atoms with Crippen LogP contribution in [-0.4, -0.2) is 16.1 Å². The summed E-state index contributed by atoms with van der Waals surface area (Å²) in [5.74, 6) is -3.67. The molecule has 0 radical (unpaired) electrons. The Bertz CT molecular complexity index is 684. The van der Waals surface area contributed by atoms with Crippen molar-refractivity contribution in [3.05, 3.63) is 51.7 Å². The minimum Gasteiger partial charge on any atom is -0.550 e. The fraction of sp³-hybridized carbons (Fsp3) is 0.286. The van der Waals surface area contributed by atoms with Gasteiger partial charge < -0.3 is 15.0 Å². The number of aliphatic hydroxyl groups excluding tert-OH is 1. The van der Waals surface area contributed by atoms with E-state index >= 15 is 0 Å². The maximum Gasteiger partial charge on any atom is 0.443 e. The summed E-state index contributed by atoms with van der Waals surface area (Å²) in [5.41, 5.74) is 0.126. The number of aromatic nitrogens is 1. The Hall–Kier alpha value is -2.00. The number of carbonyl (C=O) groups is 1. The van der Waals surface area contributed by atoms with Crippen molar-refractivity contribution in [3.63, 3.8) is 0 Å². The zero-order valence-electron chi connectivity index (χ0n) is 11.4. The molecule has 0 aliphatic carbocycles. The van der Waals surface area contributed by atoms with E-state index in [4.69, 9.17) is 0 Å². The molecule has 1 aromatic carbocycles. The monoisotopic (exact) mass is 348 g/mol. The molecule has 2 unspecified atom stereocenters. The number of hydrogen-bond donors (Lipinski definition) is 1. The molecule has 23 heavy (non-hydrogen) atoms. The molecular formula is C14H10F4NO3S-. The summed E-state index contributed by atoms with van der Waals surface area (Å²) in [6.07, 6.45) is -5.62. The van der Waals surface area contributed by atoms with Crippen molar-refractivity contribution in [2.24, 2.45) is 5.92 Å². The summed E-state index contributed by atoms with van der Waals surface area (Å²) < 4.78 is 50.3. The number of aliphatic carboxylic acids is 1. The van der Waals surface area contributed by atoms with E-state index in [1.807, 2.05) is 0 Å². The van der Waals surface area contributed by atoms with Crippen molar-refractivity contribution in [1.82, 2.24) is 4.98 Å². The second kappa shape index (κ2) is 6.63. The van der Waals surface area contributed by atoms with Crippen LogP contribution < -0.4 is 5.11 Å². The highest BCUT2D eigenvalue weighted by Crippen LogP contribution is 2.34. The first-order chi connectivity index (χ1) is 10.7. The van der Waals surface area contributed by atoms with E-state index in [0.717, 1.165) is 18.3 Å². The summed E-state index contributed by atoms with van der Waals surface area (Å²) >= 11 is 0.302. The molecule has 0 aliphatic heterocycles. The van der Waals surface area contributed by atoms with Gasteiger partial charge in [0.15, 0.2) is 5.01 Å². The Balaban J connectivity index is 2.20. The van der Waals surface area contributed by atoms with E-state index in [1.165, 1.54) is 12.1 Å². The maximum atomic E-state index is 12.8. The highest BCUT2D eigenvalue weighted by molar-refractivity contribution is 7.11. The van der Waals surface area contributed by atoms with E-state index in [2.05, 4.69) is 4.98 Å². The molecule has 0 saturated heterocycles. The van der Waals surface area contributed by atoms with Crippen LogP contribution in [0.2, 0.25) is 0 Å². The van der Waals surface area contributed by atoms with Gasteiger partial charge in [0.1, 0.15) is 5.82 Å². The number of hydrogen-bond acceptors (Lipinski definition) is 5. The van der Waals surface area contributed by atoms with Gasteiger partial charge in [-0.2, -0.15) is 13.2 Å². The van der Waals surface area contributed by atoms with Crippen LogP contribution in [0.4, 0.5) is 17.6 Å². The van der Waals surface area contributed by atoms with Crippen molar-refractivity contribution < 1.29 is 32.6 Å². The van der Waals surface area contributed by atoms with E-state index in [9.17, 15) is 32.6 Å². The average molecular weight is 348 g/mol. The van der Waals surface area contributed by atoms with E-state index in [-0.39, 0.29) is 16.9 Å². The Morgan fingerprint density at radius 1 is 1.30 bits per heavy atom. The van der Waals surface area contributed by atoms with Gasteiger partial charge in [0, 0.05) is 23.0 Å². The van der Waals surface area contributed by atoms with Crippen LogP contribution in [0.25, 0.3) is 0 Å². The van der Waals surface area contributed by atoms with Crippen molar-refractivity contribution in [2.75, 3.05) is 0 Å². The molecule has 1 N–H and O–H groups in total. The number of alkyl halides is 3. The molecule has 2 rings (SSSR count). The molecule has 124 valence electrons. The molecule has 0 spiro atoms. The standard InChI is InChI=1S/C14H11F4NO3S/c15-8-3-1-7(2-4-8)11(20)10(12(21)22)5-9-6-19-13(23-9)14(16,17)18/h1-4,6,10-11,20H,5H2,(H,21,22)/p-1. The molecule has 0 amide bonds. The molecule has 9 heteroatoms. The molecule has 0 fully saturated rings. The first-order valence-corrected chi connectivity index (χ1v) is 7.16. The molecule has 0 aliphatic rings. The summed E-state index contributed by atoms with van der Waals surface area (Å²) in [6.45, 7) is 0. The Morgan fingerprint density at radius 3 is 2.39 bits per heavy atom. The lowest BCUT2D eigenvalue weighted by atomic mass is 9.92. The second-order valence-electron chi connectivity index (χ2n) is 4.76. The maximum absolute atomic E-state index is 12.8. The minimum absolute atomic E-state index is 0.0488. The third-order valence-electron chi connectivity index (χ3n) is 3.11. The van der Waals surface area contributed by atoms with E-state index in [1.54, 1.807) is 0 Å². The van der Waals surface area contributed by atoms with Crippen molar-refractivity contribution in [2.45, 2.75) is 18.7 Å². The van der Waals surface area contributed by atoms with Crippen LogP contribution in [0, 0.1) is 11.7 Å². The number of carbonyl (C=O) groups excluding carboxylic acids is 1. The number of aliphatic hydroxyl groups is 1. The fourth-order valence-electron chi connectivity index (χ4n) is 1.97. The van der Waals surface area contributed by atoms with Crippen LogP contribution in [0.5, 0.6) is 0 Å². The number of nitrogens with zero attached hydrogens (tertiary/aromatic N) is 1. The quantitative estimate of drug-likeness (QED) is 0.838. The number of carboxylic acids is 1. The first-order valence-electron chi connectivity index (χ1n) is 6.34. The Labute approximate surface area is 132 Å². The zero-order valence-corrected chi connectivity index (χ0v) is 12.2. The second-order valence-corrected chi connectivity index (χ2v) is 5.87. The lowest BCUT2D eigenvalue weighted by molar-refractivity contribution is -0.314. The highest BCUT2D eigenvalue weighted by Gasteiger charge is 2.35. The summed E-state index contributed by atoms with van der Waals surface area (Å²) in [6, 6.07) is 4.48. The van der Waals surface area contributed by atoms with E-state index < -0.39 is 35.0 Å². The van der Waals surface area contributed by atoms with Gasteiger partial charge in [-0.05, 0) is 24.1 Å². The van der Waals surface area contributed by atoms with Crippen LogP contribution in [0.3, 0.4) is 0 Å². The normalized spacial score (nSPS) is 14.5. The highest BCUT2D eigenvalue weighted by atomic mass is 32.1. The van der Waals surface area contributed by atoms with Gasteiger partial charge in [0.25, 0.3) is 0 Å². The first kappa shape index (κ1) is 17.4. The lowest BCUT2D eigenvalue weighted by Crippen LogP contribution is -2.36. The SMILES string of the molecule is O=C([O-])C(Cc1cnc(C(F)(F)F)s1)C(O)c1ccc(F)cc1. The molecule has 0 saturated carbocycles. The van der Waals surface area contributed by atoms with Gasteiger partial charge in [-0.15, -0.1) is 11.3 Å². The summed E-state index contributed by atoms with van der Waals surface area (Å²) in [5, 5.41) is 20.2. The third kappa shape index (κ3) is 4.26. The topological polar surface area (TPSA) is 73.2 Å². The van der Waals surface area contributed by atoms with Crippen LogP contribution >= 0.6 is 11.3 Å².